The van der Waals surface area contributed by atoms with Gasteiger partial charge in [0.05, 0.1) is 19.2 Å². The first kappa shape index (κ1) is 14.9. The fourth-order valence-electron chi connectivity index (χ4n) is 2.42. The summed E-state index contributed by atoms with van der Waals surface area (Å²) in [4.78, 5) is 30.6. The van der Waals surface area contributed by atoms with E-state index in [2.05, 4.69) is 5.32 Å². The van der Waals surface area contributed by atoms with Gasteiger partial charge in [0, 0.05) is 13.1 Å². The van der Waals surface area contributed by atoms with E-state index in [0.717, 1.165) is 19.4 Å². The molecular weight excluding hydrogens is 262 g/mol. The summed E-state index contributed by atoms with van der Waals surface area (Å²) in [6.45, 7) is 7.41. The van der Waals surface area contributed by atoms with Gasteiger partial charge in [-0.15, -0.1) is 0 Å². The lowest BCUT2D eigenvalue weighted by molar-refractivity contribution is -0.105. The van der Waals surface area contributed by atoms with Crippen molar-refractivity contribution in [1.82, 2.24) is 15.3 Å². The third-order valence-electron chi connectivity index (χ3n) is 3.23. The van der Waals surface area contributed by atoms with E-state index in [1.807, 2.05) is 4.90 Å². The van der Waals surface area contributed by atoms with Crippen molar-refractivity contribution in [2.24, 2.45) is 0 Å². The van der Waals surface area contributed by atoms with Gasteiger partial charge in [0.15, 0.2) is 0 Å². The minimum Gasteiger partial charge on any atom is -0.444 e. The third-order valence-corrected chi connectivity index (χ3v) is 3.23. The summed E-state index contributed by atoms with van der Waals surface area (Å²) in [5, 5.41) is 3.98. The lowest BCUT2D eigenvalue weighted by Gasteiger charge is -2.20. The highest BCUT2D eigenvalue weighted by Gasteiger charge is 2.40. The van der Waals surface area contributed by atoms with Gasteiger partial charge in [0.2, 0.25) is 0 Å². The van der Waals surface area contributed by atoms with E-state index in [0.29, 0.717) is 19.1 Å². The number of hydroxylamine groups is 2. The van der Waals surface area contributed by atoms with Crippen molar-refractivity contribution >= 4 is 12.1 Å². The second kappa shape index (κ2) is 5.87. The molecule has 0 aromatic heterocycles. The molecule has 2 saturated heterocycles. The van der Waals surface area contributed by atoms with Crippen molar-refractivity contribution < 1.29 is 19.2 Å². The number of rotatable bonds is 4. The lowest BCUT2D eigenvalue weighted by atomic mass is 10.2. The molecule has 7 heteroatoms. The molecule has 0 saturated carbocycles. The number of carbonyl (C=O) groups excluding carboxylic acids is 2. The predicted molar refractivity (Wildman–Crippen MR) is 72.0 cm³/mol. The number of ether oxygens (including phenoxy) is 1. The maximum absolute atomic E-state index is 11.9. The monoisotopic (exact) mass is 285 g/mol. The molecule has 0 bridgehead atoms. The maximum Gasteiger partial charge on any atom is 0.407 e. The second-order valence-electron chi connectivity index (χ2n) is 6.09. The molecule has 0 aromatic carbocycles. The van der Waals surface area contributed by atoms with E-state index < -0.39 is 11.7 Å². The Balaban J connectivity index is 1.62. The van der Waals surface area contributed by atoms with Crippen LogP contribution < -0.4 is 5.32 Å². The van der Waals surface area contributed by atoms with Crippen LogP contribution >= 0.6 is 0 Å². The Morgan fingerprint density at radius 3 is 2.85 bits per heavy atom. The number of alkyl carbamates (subject to hydrolysis) is 1. The quantitative estimate of drug-likeness (QED) is 0.791. The summed E-state index contributed by atoms with van der Waals surface area (Å²) in [6.07, 6.45) is 1.64. The molecule has 7 nitrogen and oxygen atoms in total. The predicted octanol–water partition coefficient (Wildman–Crippen LogP) is 1.34. The standard InChI is InChI=1S/C13H23N3O4/c1-13(2,3)20-11(17)14-6-8-19-16-9-10-5-4-7-15(10)12(16)18/h10H,4-9H2,1-3H3,(H,14,17)/t10-/m0/s1. The molecule has 0 radical (unpaired) electrons. The van der Waals surface area contributed by atoms with Gasteiger partial charge in [0.25, 0.3) is 0 Å². The van der Waals surface area contributed by atoms with Gasteiger partial charge >= 0.3 is 12.1 Å². The molecule has 0 aliphatic carbocycles. The molecule has 1 atom stereocenters. The van der Waals surface area contributed by atoms with Gasteiger partial charge in [-0.05, 0) is 33.6 Å². The Bertz CT molecular complexity index is 380. The van der Waals surface area contributed by atoms with E-state index in [4.69, 9.17) is 9.57 Å². The highest BCUT2D eigenvalue weighted by Crippen LogP contribution is 2.25. The topological polar surface area (TPSA) is 71.1 Å². The van der Waals surface area contributed by atoms with Gasteiger partial charge in [-0.3, -0.25) is 4.84 Å². The smallest absolute Gasteiger partial charge is 0.407 e. The molecule has 20 heavy (non-hydrogen) atoms. The van der Waals surface area contributed by atoms with Crippen LogP contribution in [0.3, 0.4) is 0 Å². The molecule has 2 fully saturated rings. The summed E-state index contributed by atoms with van der Waals surface area (Å²) < 4.78 is 5.10. The van der Waals surface area contributed by atoms with Crippen molar-refractivity contribution in [2.45, 2.75) is 45.3 Å². The van der Waals surface area contributed by atoms with Crippen molar-refractivity contribution in [3.63, 3.8) is 0 Å². The number of urea groups is 1. The van der Waals surface area contributed by atoms with Crippen molar-refractivity contribution in [1.29, 1.82) is 0 Å². The number of nitrogens with one attached hydrogen (secondary N) is 1. The largest absolute Gasteiger partial charge is 0.444 e. The third kappa shape index (κ3) is 3.75. The fourth-order valence-corrected chi connectivity index (χ4v) is 2.42. The van der Waals surface area contributed by atoms with Crippen LogP contribution in [-0.4, -0.2) is 60.0 Å². The Morgan fingerprint density at radius 2 is 2.20 bits per heavy atom. The Kier molecular flexibility index (Phi) is 4.37. The first-order valence-electron chi connectivity index (χ1n) is 7.05. The molecule has 1 N–H and O–H groups in total. The summed E-state index contributed by atoms with van der Waals surface area (Å²) in [5.74, 6) is 0. The van der Waals surface area contributed by atoms with Crippen LogP contribution in [0.25, 0.3) is 0 Å². The van der Waals surface area contributed by atoms with Gasteiger partial charge in [0.1, 0.15) is 5.60 Å². The number of hydrogen-bond donors (Lipinski definition) is 1. The molecule has 0 aromatic rings. The number of carbonyl (C=O) groups is 2. The normalized spacial score (nSPS) is 22.1. The van der Waals surface area contributed by atoms with E-state index in [1.165, 1.54) is 5.06 Å². The first-order chi connectivity index (χ1) is 9.37. The second-order valence-corrected chi connectivity index (χ2v) is 6.09. The van der Waals surface area contributed by atoms with Gasteiger partial charge in [-0.1, -0.05) is 0 Å². The molecule has 2 aliphatic rings. The fraction of sp³-hybridized carbons (Fsp3) is 0.846. The summed E-state index contributed by atoms with van der Waals surface area (Å²) >= 11 is 0. The van der Waals surface area contributed by atoms with Crippen LogP contribution in [-0.2, 0) is 9.57 Å². The summed E-state index contributed by atoms with van der Waals surface area (Å²) in [6, 6.07) is 0.228. The first-order valence-corrected chi connectivity index (χ1v) is 7.05. The molecule has 114 valence electrons. The maximum atomic E-state index is 11.9. The van der Waals surface area contributed by atoms with Crippen molar-refractivity contribution in [3.8, 4) is 0 Å². The SMILES string of the molecule is CC(C)(C)OC(=O)NCCON1C[C@@H]2CCCN2C1=O. The van der Waals surface area contributed by atoms with E-state index in [-0.39, 0.29) is 12.6 Å². The zero-order valence-corrected chi connectivity index (χ0v) is 12.3. The molecule has 0 spiro atoms. The van der Waals surface area contributed by atoms with Crippen molar-refractivity contribution in [3.05, 3.63) is 0 Å². The van der Waals surface area contributed by atoms with Crippen LogP contribution in [0.15, 0.2) is 0 Å². The van der Waals surface area contributed by atoms with Crippen LogP contribution in [0.2, 0.25) is 0 Å². The highest BCUT2D eigenvalue weighted by molar-refractivity contribution is 5.76. The zero-order valence-electron chi connectivity index (χ0n) is 12.3. The number of hydrogen-bond acceptors (Lipinski definition) is 4. The molecule has 2 heterocycles. The number of nitrogens with zero attached hydrogens (tertiary/aromatic N) is 2. The molecule has 2 rings (SSSR count). The van der Waals surface area contributed by atoms with Crippen LogP contribution in [0.5, 0.6) is 0 Å². The summed E-state index contributed by atoms with van der Waals surface area (Å²) in [7, 11) is 0. The van der Waals surface area contributed by atoms with Gasteiger partial charge in [-0.2, -0.15) is 0 Å². The van der Waals surface area contributed by atoms with Crippen LogP contribution in [0.1, 0.15) is 33.6 Å². The minimum atomic E-state index is -0.513. The average molecular weight is 285 g/mol. The van der Waals surface area contributed by atoms with E-state index in [1.54, 1.807) is 20.8 Å². The molecule has 0 unspecified atom stereocenters. The Morgan fingerprint density at radius 1 is 1.45 bits per heavy atom. The number of amides is 3. The number of fused-ring (bicyclic) bond motifs is 1. The Hall–Kier alpha value is -1.50. The average Bonchev–Trinajstić information content (AvgIpc) is 2.87. The van der Waals surface area contributed by atoms with Crippen LogP contribution in [0.4, 0.5) is 9.59 Å². The van der Waals surface area contributed by atoms with E-state index >= 15 is 0 Å². The lowest BCUT2D eigenvalue weighted by Crippen LogP contribution is -2.37. The molecule has 2 aliphatic heterocycles. The van der Waals surface area contributed by atoms with Gasteiger partial charge in [-0.25, -0.2) is 14.7 Å². The van der Waals surface area contributed by atoms with E-state index in [9.17, 15) is 9.59 Å². The highest BCUT2D eigenvalue weighted by atomic mass is 16.7. The summed E-state index contributed by atoms with van der Waals surface area (Å²) in [5.41, 5.74) is -0.513. The minimum absolute atomic E-state index is 0.0650. The Labute approximate surface area is 119 Å². The van der Waals surface area contributed by atoms with Crippen LogP contribution in [0, 0.1) is 0 Å². The zero-order chi connectivity index (χ0) is 14.8. The van der Waals surface area contributed by atoms with Crippen molar-refractivity contribution in [2.75, 3.05) is 26.2 Å². The van der Waals surface area contributed by atoms with Gasteiger partial charge < -0.3 is 15.0 Å². The molecular formula is C13H23N3O4. The molecule has 3 amide bonds.